The fraction of sp³-hybridized carbons (Fsp3) is 0.440. The highest BCUT2D eigenvalue weighted by atomic mass is 19.4. The van der Waals surface area contributed by atoms with Crippen LogP contribution >= 0.6 is 0 Å². The number of hydrogen-bond donors (Lipinski definition) is 2. The van der Waals surface area contributed by atoms with Gasteiger partial charge in [-0.2, -0.15) is 13.2 Å². The van der Waals surface area contributed by atoms with Crippen molar-refractivity contribution in [1.29, 1.82) is 0 Å². The van der Waals surface area contributed by atoms with Crippen LogP contribution in [-0.2, 0) is 11.0 Å². The molecular formula is C25H28F3N3O3. The van der Waals surface area contributed by atoms with Crippen LogP contribution in [0.1, 0.15) is 52.7 Å². The van der Waals surface area contributed by atoms with Crippen molar-refractivity contribution in [2.45, 2.75) is 50.9 Å². The number of alkyl halides is 3. The Hall–Kier alpha value is -2.75. The van der Waals surface area contributed by atoms with Gasteiger partial charge >= 0.3 is 12.1 Å². The minimum atomic E-state index is -4.55. The molecule has 0 radical (unpaired) electrons. The summed E-state index contributed by atoms with van der Waals surface area (Å²) < 4.78 is 38.1. The summed E-state index contributed by atoms with van der Waals surface area (Å²) in [5, 5.41) is 19.4. The standard InChI is InChI=1S/C25H28F3N3O3/c1-14-7-8-19(30-23(32)16-5-4-6-18(10-16)25(26,27)28)12-20(14)21-11-17-13-29-15(2)9-22(17)31(3,34)24(21)33/h4-8,10,12,15,17,21-22,29H,9,11,13H2,1-3H3,(H,30,32). The van der Waals surface area contributed by atoms with Crippen molar-refractivity contribution >= 4 is 17.5 Å². The number of benzene rings is 2. The Labute approximate surface area is 196 Å². The molecule has 2 heterocycles. The fourth-order valence-electron chi connectivity index (χ4n) is 5.24. The molecule has 2 N–H and O–H groups in total. The van der Waals surface area contributed by atoms with E-state index in [0.29, 0.717) is 30.6 Å². The topological polar surface area (TPSA) is 81.3 Å². The van der Waals surface area contributed by atoms with Gasteiger partial charge in [0.05, 0.1) is 12.6 Å². The number of hydroxylamine groups is 3. The number of hydrogen-bond acceptors (Lipinski definition) is 4. The van der Waals surface area contributed by atoms with Crippen molar-refractivity contribution in [3.63, 3.8) is 0 Å². The molecule has 2 saturated heterocycles. The Balaban J connectivity index is 1.59. The van der Waals surface area contributed by atoms with Gasteiger partial charge < -0.3 is 15.8 Å². The maximum Gasteiger partial charge on any atom is 0.416 e. The predicted octanol–water partition coefficient (Wildman–Crippen LogP) is 4.59. The van der Waals surface area contributed by atoms with Crippen molar-refractivity contribution in [3.8, 4) is 0 Å². The summed E-state index contributed by atoms with van der Waals surface area (Å²) in [5.74, 6) is -1.67. The second-order valence-electron chi connectivity index (χ2n) is 9.59. The van der Waals surface area contributed by atoms with Gasteiger partial charge in [-0.25, -0.2) is 4.79 Å². The molecule has 2 aromatic rings. The third-order valence-electron chi connectivity index (χ3n) is 7.14. The first kappa shape index (κ1) is 24.4. The van der Waals surface area contributed by atoms with Gasteiger partial charge in [0.1, 0.15) is 12.0 Å². The van der Waals surface area contributed by atoms with Crippen LogP contribution in [0.25, 0.3) is 0 Å². The number of anilines is 1. The number of halogens is 3. The first-order valence-electron chi connectivity index (χ1n) is 11.3. The second-order valence-corrected chi connectivity index (χ2v) is 9.59. The zero-order valence-electron chi connectivity index (χ0n) is 19.3. The highest BCUT2D eigenvalue weighted by Crippen LogP contribution is 2.42. The number of nitrogens with one attached hydrogen (secondary N) is 2. The molecule has 4 rings (SSSR count). The molecular weight excluding hydrogens is 447 g/mol. The predicted molar refractivity (Wildman–Crippen MR) is 122 cm³/mol. The number of rotatable bonds is 3. The van der Waals surface area contributed by atoms with Crippen molar-refractivity contribution < 1.29 is 27.4 Å². The molecule has 2 amide bonds. The third-order valence-corrected chi connectivity index (χ3v) is 7.14. The van der Waals surface area contributed by atoms with E-state index in [1.165, 1.54) is 19.2 Å². The molecule has 0 bridgehead atoms. The van der Waals surface area contributed by atoms with Gasteiger partial charge in [0.2, 0.25) is 0 Å². The molecule has 0 saturated carbocycles. The molecule has 0 aliphatic carbocycles. The average molecular weight is 476 g/mol. The van der Waals surface area contributed by atoms with Crippen molar-refractivity contribution in [2.24, 2.45) is 5.92 Å². The minimum absolute atomic E-state index is 0.0455. The van der Waals surface area contributed by atoms with Gasteiger partial charge in [-0.3, -0.25) is 9.44 Å². The van der Waals surface area contributed by atoms with Crippen LogP contribution in [0.3, 0.4) is 0 Å². The molecule has 34 heavy (non-hydrogen) atoms. The lowest BCUT2D eigenvalue weighted by Crippen LogP contribution is -2.65. The molecule has 9 heteroatoms. The number of carbonyl (C=O) groups is 2. The Morgan fingerprint density at radius 3 is 2.62 bits per heavy atom. The highest BCUT2D eigenvalue weighted by Gasteiger charge is 2.50. The van der Waals surface area contributed by atoms with Gasteiger partial charge in [-0.05, 0) is 61.7 Å². The Morgan fingerprint density at radius 2 is 1.91 bits per heavy atom. The van der Waals surface area contributed by atoms with Crippen molar-refractivity contribution in [3.05, 3.63) is 69.9 Å². The maximum atomic E-state index is 13.4. The molecule has 6 nitrogen and oxygen atoms in total. The number of amides is 2. The Morgan fingerprint density at radius 1 is 1.18 bits per heavy atom. The largest absolute Gasteiger partial charge is 0.625 e. The summed E-state index contributed by atoms with van der Waals surface area (Å²) in [6, 6.07) is 9.11. The Bertz CT molecular complexity index is 1120. The molecule has 5 atom stereocenters. The van der Waals surface area contributed by atoms with Crippen LogP contribution in [0.4, 0.5) is 18.9 Å². The summed E-state index contributed by atoms with van der Waals surface area (Å²) in [6.07, 6.45) is -3.39. The molecule has 2 aliphatic heterocycles. The molecule has 182 valence electrons. The third kappa shape index (κ3) is 4.60. The molecule has 0 spiro atoms. The van der Waals surface area contributed by atoms with Gasteiger partial charge in [-0.15, -0.1) is 0 Å². The highest BCUT2D eigenvalue weighted by molar-refractivity contribution is 6.04. The van der Waals surface area contributed by atoms with E-state index in [9.17, 15) is 28.0 Å². The number of carbonyl (C=O) groups excluding carboxylic acids is 2. The summed E-state index contributed by atoms with van der Waals surface area (Å²) in [4.78, 5) is 25.9. The number of nitrogens with zero attached hydrogens (tertiary/aromatic N) is 1. The van der Waals surface area contributed by atoms with Crippen LogP contribution in [0.5, 0.6) is 0 Å². The number of fused-ring (bicyclic) bond motifs is 1. The number of likely N-dealkylation sites (tertiary alicyclic amines) is 1. The van der Waals surface area contributed by atoms with E-state index < -0.39 is 34.1 Å². The summed E-state index contributed by atoms with van der Waals surface area (Å²) >= 11 is 0. The van der Waals surface area contributed by atoms with E-state index >= 15 is 0 Å². The van der Waals surface area contributed by atoms with E-state index in [0.717, 1.165) is 17.7 Å². The SMILES string of the molecule is Cc1ccc(NC(=O)c2cccc(C(F)(F)F)c2)cc1C1CC2CNC(C)CC2[N+](C)([O-])C1=O. The minimum Gasteiger partial charge on any atom is -0.625 e. The maximum absolute atomic E-state index is 13.4. The lowest BCUT2D eigenvalue weighted by Gasteiger charge is -2.54. The smallest absolute Gasteiger partial charge is 0.416 e. The quantitative estimate of drug-likeness (QED) is 0.503. The number of aryl methyl sites for hydroxylation is 1. The number of piperidine rings is 2. The van der Waals surface area contributed by atoms with Gasteiger partial charge in [0, 0.05) is 36.2 Å². The van der Waals surface area contributed by atoms with E-state index in [1.807, 2.05) is 13.8 Å². The van der Waals surface area contributed by atoms with Crippen molar-refractivity contribution in [1.82, 2.24) is 5.32 Å². The van der Waals surface area contributed by atoms with Crippen LogP contribution < -0.4 is 10.6 Å². The molecule has 2 aromatic carbocycles. The van der Waals surface area contributed by atoms with Crippen LogP contribution in [0.2, 0.25) is 0 Å². The zero-order chi connectivity index (χ0) is 24.8. The monoisotopic (exact) mass is 475 g/mol. The fourth-order valence-corrected chi connectivity index (χ4v) is 5.24. The number of likely N-dealkylation sites (N-methyl/N-ethyl adjacent to an activating group) is 1. The average Bonchev–Trinajstić information content (AvgIpc) is 2.78. The van der Waals surface area contributed by atoms with Crippen LogP contribution in [0, 0.1) is 18.0 Å². The lowest BCUT2D eigenvalue weighted by atomic mass is 9.74. The number of quaternary nitrogens is 1. The molecule has 2 aliphatic rings. The first-order chi connectivity index (χ1) is 15.9. The summed E-state index contributed by atoms with van der Waals surface area (Å²) in [7, 11) is 1.43. The normalized spacial score (nSPS) is 29.4. The summed E-state index contributed by atoms with van der Waals surface area (Å²) in [6.45, 7) is 4.51. The second kappa shape index (κ2) is 8.79. The van der Waals surface area contributed by atoms with Crippen LogP contribution in [0.15, 0.2) is 42.5 Å². The van der Waals surface area contributed by atoms with Crippen LogP contribution in [-0.4, -0.2) is 42.1 Å². The lowest BCUT2D eigenvalue weighted by molar-refractivity contribution is -0.822. The van der Waals surface area contributed by atoms with E-state index in [4.69, 9.17) is 0 Å². The first-order valence-corrected chi connectivity index (χ1v) is 11.3. The van der Waals surface area contributed by atoms with E-state index in [2.05, 4.69) is 10.6 Å². The molecule has 0 aromatic heterocycles. The molecule has 2 fully saturated rings. The summed E-state index contributed by atoms with van der Waals surface area (Å²) in [5.41, 5.74) is 0.790. The van der Waals surface area contributed by atoms with E-state index in [-0.39, 0.29) is 23.6 Å². The Kier molecular flexibility index (Phi) is 6.30. The van der Waals surface area contributed by atoms with Crippen molar-refractivity contribution in [2.75, 3.05) is 18.9 Å². The molecule has 5 unspecified atom stereocenters. The van der Waals surface area contributed by atoms with Gasteiger partial charge in [-0.1, -0.05) is 12.1 Å². The zero-order valence-corrected chi connectivity index (χ0v) is 19.3. The van der Waals surface area contributed by atoms with Gasteiger partial charge in [0.15, 0.2) is 0 Å². The van der Waals surface area contributed by atoms with E-state index in [1.54, 1.807) is 18.2 Å². The van der Waals surface area contributed by atoms with Gasteiger partial charge in [0.25, 0.3) is 5.91 Å².